The van der Waals surface area contributed by atoms with Gasteiger partial charge in [0.25, 0.3) is 0 Å². The van der Waals surface area contributed by atoms with E-state index in [1.807, 2.05) is 12.1 Å². The molecule has 102 valence electrons. The van der Waals surface area contributed by atoms with E-state index in [-0.39, 0.29) is 0 Å². The largest absolute Gasteiger partial charge is 0.497 e. The lowest BCUT2D eigenvalue weighted by Crippen LogP contribution is -1.96. The van der Waals surface area contributed by atoms with E-state index in [1.54, 1.807) is 7.11 Å². The van der Waals surface area contributed by atoms with Crippen molar-refractivity contribution in [2.75, 3.05) is 7.11 Å². The molecule has 1 aromatic carbocycles. The first-order chi connectivity index (χ1) is 9.24. The van der Waals surface area contributed by atoms with E-state index in [1.165, 1.54) is 11.1 Å². The van der Waals surface area contributed by atoms with Gasteiger partial charge in [-0.05, 0) is 37.0 Å². The van der Waals surface area contributed by atoms with Crippen LogP contribution in [0.15, 0.2) is 35.4 Å². The van der Waals surface area contributed by atoms with Crippen LogP contribution >= 0.6 is 0 Å². The molecule has 2 heteroatoms. The van der Waals surface area contributed by atoms with Crippen LogP contribution in [0.2, 0.25) is 0 Å². The molecule has 0 heterocycles. The maximum absolute atomic E-state index is 9.29. The van der Waals surface area contributed by atoms with Gasteiger partial charge in [-0.25, -0.2) is 0 Å². The van der Waals surface area contributed by atoms with E-state index in [2.05, 4.69) is 32.0 Å². The van der Waals surface area contributed by atoms with Gasteiger partial charge in [0.15, 0.2) is 0 Å². The number of ether oxygens (including phenoxy) is 1. The van der Waals surface area contributed by atoms with Crippen LogP contribution in [0, 0.1) is 11.3 Å². The minimum atomic E-state index is 0.874. The fourth-order valence-corrected chi connectivity index (χ4v) is 2.20. The molecule has 0 radical (unpaired) electrons. The molecule has 0 aromatic heterocycles. The lowest BCUT2D eigenvalue weighted by Gasteiger charge is -2.10. The molecular formula is C17H23NO. The maximum Gasteiger partial charge on any atom is 0.118 e. The second-order valence-electron chi connectivity index (χ2n) is 4.72. The molecule has 1 rings (SSSR count). The van der Waals surface area contributed by atoms with E-state index in [4.69, 9.17) is 4.74 Å². The molecule has 0 fully saturated rings. The monoisotopic (exact) mass is 257 g/mol. The quantitative estimate of drug-likeness (QED) is 0.666. The van der Waals surface area contributed by atoms with Gasteiger partial charge in [-0.2, -0.15) is 5.26 Å². The standard InChI is InChI=1S/C17H23NO/c1-4-6-15(16(13-18)7-5-2)12-14-8-10-17(19-3)11-9-14/h8-11H,4-7,12H2,1-3H3/b16-15-. The molecule has 0 bridgehead atoms. The Kier molecular flexibility index (Phi) is 6.74. The van der Waals surface area contributed by atoms with Gasteiger partial charge >= 0.3 is 0 Å². The fraction of sp³-hybridized carbons (Fsp3) is 0.471. The van der Waals surface area contributed by atoms with Gasteiger partial charge in [0, 0.05) is 5.57 Å². The molecule has 0 spiro atoms. The summed E-state index contributed by atoms with van der Waals surface area (Å²) < 4.78 is 5.16. The molecule has 0 amide bonds. The zero-order chi connectivity index (χ0) is 14.1. The van der Waals surface area contributed by atoms with Crippen molar-refractivity contribution in [3.05, 3.63) is 41.0 Å². The van der Waals surface area contributed by atoms with Crippen LogP contribution < -0.4 is 4.74 Å². The Labute approximate surface area is 116 Å². The van der Waals surface area contributed by atoms with E-state index in [9.17, 15) is 5.26 Å². The van der Waals surface area contributed by atoms with Crippen LogP contribution in [0.4, 0.5) is 0 Å². The Morgan fingerprint density at radius 3 is 2.21 bits per heavy atom. The number of hydrogen-bond donors (Lipinski definition) is 0. The Bertz CT molecular complexity index is 451. The van der Waals surface area contributed by atoms with Crippen molar-refractivity contribution in [3.8, 4) is 11.8 Å². The molecule has 19 heavy (non-hydrogen) atoms. The number of nitriles is 1. The SMILES string of the molecule is CCC/C(C#N)=C(\CCC)Cc1ccc(OC)cc1. The summed E-state index contributed by atoms with van der Waals surface area (Å²) in [6, 6.07) is 10.5. The molecule has 0 saturated carbocycles. The van der Waals surface area contributed by atoms with Crippen LogP contribution in [0.5, 0.6) is 5.75 Å². The Morgan fingerprint density at radius 2 is 1.74 bits per heavy atom. The third-order valence-corrected chi connectivity index (χ3v) is 3.19. The third kappa shape index (κ3) is 4.79. The lowest BCUT2D eigenvalue weighted by atomic mass is 9.94. The molecular weight excluding hydrogens is 234 g/mol. The van der Waals surface area contributed by atoms with Crippen LogP contribution in [0.3, 0.4) is 0 Å². The number of hydrogen-bond acceptors (Lipinski definition) is 2. The highest BCUT2D eigenvalue weighted by Gasteiger charge is 2.07. The van der Waals surface area contributed by atoms with Crippen molar-refractivity contribution >= 4 is 0 Å². The van der Waals surface area contributed by atoms with E-state index >= 15 is 0 Å². The van der Waals surface area contributed by atoms with E-state index < -0.39 is 0 Å². The van der Waals surface area contributed by atoms with Gasteiger partial charge in [0.05, 0.1) is 13.2 Å². The summed E-state index contributed by atoms with van der Waals surface area (Å²) in [5.74, 6) is 0.874. The lowest BCUT2D eigenvalue weighted by molar-refractivity contribution is 0.414. The Morgan fingerprint density at radius 1 is 1.11 bits per heavy atom. The summed E-state index contributed by atoms with van der Waals surface area (Å²) in [4.78, 5) is 0. The number of allylic oxidation sites excluding steroid dienone is 2. The summed E-state index contributed by atoms with van der Waals surface area (Å²) in [5, 5.41) is 9.29. The highest BCUT2D eigenvalue weighted by atomic mass is 16.5. The van der Waals surface area contributed by atoms with E-state index in [0.717, 1.165) is 43.4 Å². The highest BCUT2D eigenvalue weighted by Crippen LogP contribution is 2.21. The number of methoxy groups -OCH3 is 1. The fourth-order valence-electron chi connectivity index (χ4n) is 2.20. The third-order valence-electron chi connectivity index (χ3n) is 3.19. The minimum Gasteiger partial charge on any atom is -0.497 e. The number of rotatable bonds is 7. The molecule has 0 N–H and O–H groups in total. The smallest absolute Gasteiger partial charge is 0.118 e. The Hall–Kier alpha value is -1.75. The molecule has 0 saturated heterocycles. The average Bonchev–Trinajstić information content (AvgIpc) is 2.45. The van der Waals surface area contributed by atoms with Crippen molar-refractivity contribution in [1.82, 2.24) is 0 Å². The van der Waals surface area contributed by atoms with Gasteiger partial charge in [-0.15, -0.1) is 0 Å². The first-order valence-corrected chi connectivity index (χ1v) is 6.99. The molecule has 0 aliphatic rings. The summed E-state index contributed by atoms with van der Waals surface area (Å²) in [6.07, 6.45) is 4.89. The molecule has 0 aliphatic heterocycles. The number of nitrogens with zero attached hydrogens (tertiary/aromatic N) is 1. The van der Waals surface area contributed by atoms with Crippen molar-refractivity contribution in [1.29, 1.82) is 5.26 Å². The predicted octanol–water partition coefficient (Wildman–Crippen LogP) is 4.66. The summed E-state index contributed by atoms with van der Waals surface area (Å²) in [5.41, 5.74) is 3.50. The van der Waals surface area contributed by atoms with Crippen LogP contribution in [0.1, 0.15) is 45.1 Å². The highest BCUT2D eigenvalue weighted by molar-refractivity contribution is 5.34. The first-order valence-electron chi connectivity index (χ1n) is 6.99. The second-order valence-corrected chi connectivity index (χ2v) is 4.72. The van der Waals surface area contributed by atoms with Crippen LogP contribution in [-0.2, 0) is 6.42 Å². The first kappa shape index (κ1) is 15.3. The van der Waals surface area contributed by atoms with Gasteiger partial charge in [0.1, 0.15) is 5.75 Å². The van der Waals surface area contributed by atoms with Gasteiger partial charge in [-0.1, -0.05) is 44.4 Å². The van der Waals surface area contributed by atoms with Crippen molar-refractivity contribution in [2.45, 2.75) is 46.0 Å². The second kappa shape index (κ2) is 8.37. The summed E-state index contributed by atoms with van der Waals surface area (Å²) >= 11 is 0. The summed E-state index contributed by atoms with van der Waals surface area (Å²) in [6.45, 7) is 4.28. The summed E-state index contributed by atoms with van der Waals surface area (Å²) in [7, 11) is 1.67. The van der Waals surface area contributed by atoms with Gasteiger partial charge in [0.2, 0.25) is 0 Å². The Balaban J connectivity index is 2.91. The normalized spacial score (nSPS) is 11.7. The van der Waals surface area contributed by atoms with Crippen molar-refractivity contribution in [2.24, 2.45) is 0 Å². The average molecular weight is 257 g/mol. The van der Waals surface area contributed by atoms with Gasteiger partial charge < -0.3 is 4.74 Å². The van der Waals surface area contributed by atoms with Crippen LogP contribution in [-0.4, -0.2) is 7.11 Å². The predicted molar refractivity (Wildman–Crippen MR) is 79.2 cm³/mol. The zero-order valence-electron chi connectivity index (χ0n) is 12.2. The molecule has 0 unspecified atom stereocenters. The topological polar surface area (TPSA) is 33.0 Å². The van der Waals surface area contributed by atoms with Gasteiger partial charge in [-0.3, -0.25) is 0 Å². The van der Waals surface area contributed by atoms with Crippen molar-refractivity contribution in [3.63, 3.8) is 0 Å². The van der Waals surface area contributed by atoms with Crippen molar-refractivity contribution < 1.29 is 4.74 Å². The zero-order valence-corrected chi connectivity index (χ0v) is 12.2. The molecule has 0 aliphatic carbocycles. The molecule has 1 aromatic rings. The van der Waals surface area contributed by atoms with E-state index in [0.29, 0.717) is 0 Å². The molecule has 2 nitrogen and oxygen atoms in total. The molecule has 0 atom stereocenters. The van der Waals surface area contributed by atoms with Crippen LogP contribution in [0.25, 0.3) is 0 Å². The number of benzene rings is 1. The maximum atomic E-state index is 9.29. The minimum absolute atomic E-state index is 0.874.